The molecule has 2 rings (SSSR count). The van der Waals surface area contributed by atoms with Gasteiger partial charge in [-0.05, 0) is 39.2 Å². The molecule has 1 aromatic rings. The molecular weight excluding hydrogens is 244 g/mol. The van der Waals surface area contributed by atoms with E-state index in [-0.39, 0.29) is 5.92 Å². The van der Waals surface area contributed by atoms with Gasteiger partial charge in [-0.25, -0.2) is 4.98 Å². The van der Waals surface area contributed by atoms with Crippen molar-refractivity contribution in [2.24, 2.45) is 5.92 Å². The molecule has 1 aliphatic heterocycles. The Hall–Kier alpha value is -0.740. The molecule has 3 nitrogen and oxygen atoms in total. The zero-order valence-electron chi connectivity index (χ0n) is 11.3. The molecule has 1 fully saturated rings. The van der Waals surface area contributed by atoms with E-state index < -0.39 is 0 Å². The number of hydrogen-bond acceptors (Lipinski definition) is 4. The van der Waals surface area contributed by atoms with E-state index in [1.165, 1.54) is 10.7 Å². The summed E-state index contributed by atoms with van der Waals surface area (Å²) in [6, 6.07) is 0. The Balaban J connectivity index is 1.89. The number of piperidine rings is 1. The summed E-state index contributed by atoms with van der Waals surface area (Å²) in [7, 11) is 0. The maximum absolute atomic E-state index is 11.4. The summed E-state index contributed by atoms with van der Waals surface area (Å²) in [5.74, 6) is 0.581. The van der Waals surface area contributed by atoms with Crippen molar-refractivity contribution in [2.75, 3.05) is 13.1 Å². The molecule has 4 heteroatoms. The predicted molar refractivity (Wildman–Crippen MR) is 74.8 cm³/mol. The number of thiazole rings is 1. The highest BCUT2D eigenvalue weighted by Crippen LogP contribution is 2.20. The first kappa shape index (κ1) is 13.7. The van der Waals surface area contributed by atoms with Gasteiger partial charge in [-0.2, -0.15) is 0 Å². The van der Waals surface area contributed by atoms with Crippen molar-refractivity contribution in [2.45, 2.75) is 46.1 Å². The third-order valence-corrected chi connectivity index (χ3v) is 4.49. The second-order valence-corrected chi connectivity index (χ2v) is 6.11. The number of ketones is 1. The number of likely N-dealkylation sites (tertiary alicyclic amines) is 1. The number of Topliss-reactive ketones (excluding diaryl/α,β-unsaturated/α-hetero) is 1. The third-order valence-electron chi connectivity index (χ3n) is 3.53. The SMILES string of the molecule is CCCc1nc(CN2CCCC(C(C)=O)C2)cs1. The Morgan fingerprint density at radius 2 is 2.44 bits per heavy atom. The van der Waals surface area contributed by atoms with E-state index in [0.29, 0.717) is 5.78 Å². The van der Waals surface area contributed by atoms with Crippen LogP contribution < -0.4 is 0 Å². The maximum Gasteiger partial charge on any atom is 0.134 e. The summed E-state index contributed by atoms with van der Waals surface area (Å²) in [4.78, 5) is 18.5. The van der Waals surface area contributed by atoms with Gasteiger partial charge >= 0.3 is 0 Å². The lowest BCUT2D eigenvalue weighted by Gasteiger charge is -2.30. The van der Waals surface area contributed by atoms with Crippen LogP contribution in [0.2, 0.25) is 0 Å². The average Bonchev–Trinajstić information content (AvgIpc) is 2.77. The van der Waals surface area contributed by atoms with Crippen LogP contribution in [-0.2, 0) is 17.8 Å². The number of carbonyl (C=O) groups excluding carboxylic acids is 1. The van der Waals surface area contributed by atoms with E-state index in [2.05, 4.69) is 22.2 Å². The summed E-state index contributed by atoms with van der Waals surface area (Å²) in [5.41, 5.74) is 1.17. The van der Waals surface area contributed by atoms with Crippen LogP contribution >= 0.6 is 11.3 Å². The van der Waals surface area contributed by atoms with Crippen LogP contribution in [-0.4, -0.2) is 28.8 Å². The number of rotatable bonds is 5. The van der Waals surface area contributed by atoms with Crippen molar-refractivity contribution in [1.82, 2.24) is 9.88 Å². The largest absolute Gasteiger partial charge is 0.300 e. The monoisotopic (exact) mass is 266 g/mol. The Labute approximate surface area is 113 Å². The highest BCUT2D eigenvalue weighted by molar-refractivity contribution is 7.09. The van der Waals surface area contributed by atoms with Gasteiger partial charge in [0.1, 0.15) is 5.78 Å². The first-order chi connectivity index (χ1) is 8.69. The molecule has 1 atom stereocenters. The van der Waals surface area contributed by atoms with E-state index in [1.54, 1.807) is 18.3 Å². The molecule has 1 unspecified atom stereocenters. The minimum absolute atomic E-state index is 0.243. The van der Waals surface area contributed by atoms with Crippen LogP contribution in [0.1, 0.15) is 43.8 Å². The van der Waals surface area contributed by atoms with E-state index >= 15 is 0 Å². The molecule has 0 saturated carbocycles. The number of nitrogens with zero attached hydrogens (tertiary/aromatic N) is 2. The van der Waals surface area contributed by atoms with Gasteiger partial charge in [0.25, 0.3) is 0 Å². The molecule has 0 radical (unpaired) electrons. The molecule has 0 bridgehead atoms. The summed E-state index contributed by atoms with van der Waals surface area (Å²) in [6.45, 7) is 6.82. The highest BCUT2D eigenvalue weighted by Gasteiger charge is 2.23. The number of aromatic nitrogens is 1. The third kappa shape index (κ3) is 3.62. The molecule has 1 aliphatic rings. The second kappa shape index (κ2) is 6.43. The van der Waals surface area contributed by atoms with E-state index in [4.69, 9.17) is 0 Å². The van der Waals surface area contributed by atoms with Crippen LogP contribution in [0, 0.1) is 5.92 Å². The van der Waals surface area contributed by atoms with Crippen molar-refractivity contribution >= 4 is 17.1 Å². The van der Waals surface area contributed by atoms with Gasteiger partial charge < -0.3 is 0 Å². The fourth-order valence-electron chi connectivity index (χ4n) is 2.51. The Morgan fingerprint density at radius 3 is 3.17 bits per heavy atom. The quantitative estimate of drug-likeness (QED) is 0.821. The zero-order chi connectivity index (χ0) is 13.0. The molecule has 0 amide bonds. The standard InChI is InChI=1S/C14H22N2OS/c1-3-5-14-15-13(10-18-14)9-16-7-4-6-12(8-16)11(2)17/h10,12H,3-9H2,1-2H3. The van der Waals surface area contributed by atoms with Crippen LogP contribution in [0.3, 0.4) is 0 Å². The molecule has 1 saturated heterocycles. The average molecular weight is 266 g/mol. The smallest absolute Gasteiger partial charge is 0.134 e. The van der Waals surface area contributed by atoms with Crippen LogP contribution in [0.5, 0.6) is 0 Å². The molecule has 1 aromatic heterocycles. The maximum atomic E-state index is 11.4. The lowest BCUT2D eigenvalue weighted by molar-refractivity contribution is -0.122. The van der Waals surface area contributed by atoms with Crippen LogP contribution in [0.15, 0.2) is 5.38 Å². The van der Waals surface area contributed by atoms with Gasteiger partial charge in [-0.3, -0.25) is 9.69 Å². The van der Waals surface area contributed by atoms with Crippen molar-refractivity contribution < 1.29 is 4.79 Å². The summed E-state index contributed by atoms with van der Waals surface area (Å²) < 4.78 is 0. The van der Waals surface area contributed by atoms with Crippen LogP contribution in [0.25, 0.3) is 0 Å². The summed E-state index contributed by atoms with van der Waals surface area (Å²) in [6.07, 6.45) is 4.43. The molecule has 18 heavy (non-hydrogen) atoms. The van der Waals surface area contributed by atoms with Crippen molar-refractivity contribution in [3.8, 4) is 0 Å². The number of carbonyl (C=O) groups is 1. The Kier molecular flexibility index (Phi) is 4.89. The molecular formula is C14H22N2OS. The fourth-order valence-corrected chi connectivity index (χ4v) is 3.40. The fraction of sp³-hybridized carbons (Fsp3) is 0.714. The highest BCUT2D eigenvalue weighted by atomic mass is 32.1. The predicted octanol–water partition coefficient (Wildman–Crippen LogP) is 2.90. The number of hydrogen-bond donors (Lipinski definition) is 0. The van der Waals surface area contributed by atoms with Gasteiger partial charge in [0, 0.05) is 24.4 Å². The normalized spacial score (nSPS) is 21.1. The zero-order valence-corrected chi connectivity index (χ0v) is 12.1. The van der Waals surface area contributed by atoms with Crippen molar-refractivity contribution in [1.29, 1.82) is 0 Å². The first-order valence-electron chi connectivity index (χ1n) is 6.85. The topological polar surface area (TPSA) is 33.2 Å². The Morgan fingerprint density at radius 1 is 1.61 bits per heavy atom. The van der Waals surface area contributed by atoms with Gasteiger partial charge in [-0.1, -0.05) is 6.92 Å². The van der Waals surface area contributed by atoms with Gasteiger partial charge in [-0.15, -0.1) is 11.3 Å². The van der Waals surface area contributed by atoms with E-state index in [9.17, 15) is 4.79 Å². The minimum Gasteiger partial charge on any atom is -0.300 e. The summed E-state index contributed by atoms with van der Waals surface area (Å²) in [5, 5.41) is 3.41. The lowest BCUT2D eigenvalue weighted by Crippen LogP contribution is -2.37. The lowest BCUT2D eigenvalue weighted by atomic mass is 9.94. The van der Waals surface area contributed by atoms with Crippen LogP contribution in [0.4, 0.5) is 0 Å². The molecule has 100 valence electrons. The Bertz CT molecular complexity index is 402. The minimum atomic E-state index is 0.243. The van der Waals surface area contributed by atoms with Crippen molar-refractivity contribution in [3.05, 3.63) is 16.1 Å². The molecule has 0 aromatic carbocycles. The van der Waals surface area contributed by atoms with Gasteiger partial charge in [0.05, 0.1) is 10.7 Å². The molecule has 0 N–H and O–H groups in total. The van der Waals surface area contributed by atoms with E-state index in [0.717, 1.165) is 45.3 Å². The molecule has 0 spiro atoms. The molecule has 0 aliphatic carbocycles. The second-order valence-electron chi connectivity index (χ2n) is 5.17. The number of aryl methyl sites for hydroxylation is 1. The van der Waals surface area contributed by atoms with Crippen molar-refractivity contribution in [3.63, 3.8) is 0 Å². The molecule has 2 heterocycles. The first-order valence-corrected chi connectivity index (χ1v) is 7.73. The summed E-state index contributed by atoms with van der Waals surface area (Å²) >= 11 is 1.77. The van der Waals surface area contributed by atoms with Gasteiger partial charge in [0.2, 0.25) is 0 Å². The van der Waals surface area contributed by atoms with E-state index in [1.807, 2.05) is 0 Å². The van der Waals surface area contributed by atoms with Gasteiger partial charge in [0.15, 0.2) is 0 Å².